The van der Waals surface area contributed by atoms with Crippen LogP contribution in [0.25, 0.3) is 22.5 Å². The molecule has 2 radical (unpaired) electrons. The predicted octanol–water partition coefficient (Wildman–Crippen LogP) is 10.5. The minimum atomic E-state index is 0. The average Bonchev–Trinajstić information content (AvgIpc) is 3.87. The van der Waals surface area contributed by atoms with E-state index in [1.807, 2.05) is 152 Å². The molecule has 2 aromatic heterocycles. The molecule has 53 heavy (non-hydrogen) atoms. The van der Waals surface area contributed by atoms with Crippen LogP contribution in [-0.2, 0) is 13.0 Å². The molecular formula is C42H71BI2N5O3-. The number of hydrogen-bond donors (Lipinski definition) is 3. The van der Waals surface area contributed by atoms with Crippen LogP contribution in [0.2, 0.25) is 0 Å². The SMILES string of the molecule is C.C.C.C.C#CCC.CC.CC.CC.CCc1cc(-c2ccccc2)no1.N.NCc1cc(-c2ccccc2)no1.ON=Cc1ccccc1.[B][I-]I. The second-order valence-corrected chi connectivity index (χ2v) is 11.6. The van der Waals surface area contributed by atoms with Gasteiger partial charge < -0.3 is 26.1 Å². The Hall–Kier alpha value is -3.45. The number of benzene rings is 3. The Bertz CT molecular complexity index is 1340. The van der Waals surface area contributed by atoms with Gasteiger partial charge in [0.05, 0.1) is 12.8 Å². The van der Waals surface area contributed by atoms with Gasteiger partial charge in [0.15, 0.2) is 5.76 Å². The molecule has 5 aromatic rings. The average molecular weight is 959 g/mol. The van der Waals surface area contributed by atoms with Gasteiger partial charge in [-0.2, -0.15) is 0 Å². The van der Waals surface area contributed by atoms with Crippen molar-refractivity contribution >= 4 is 30.5 Å². The summed E-state index contributed by atoms with van der Waals surface area (Å²) in [4.78, 5) is 0. The van der Waals surface area contributed by atoms with Gasteiger partial charge in [-0.25, -0.2) is 0 Å². The molecule has 0 amide bonds. The van der Waals surface area contributed by atoms with Crippen molar-refractivity contribution in [1.82, 2.24) is 16.5 Å². The summed E-state index contributed by atoms with van der Waals surface area (Å²) in [5.74, 6) is 4.07. The van der Waals surface area contributed by atoms with Gasteiger partial charge in [0.2, 0.25) is 0 Å². The number of hydrogen-bond acceptors (Lipinski definition) is 8. The number of terminal acetylenes is 1. The van der Waals surface area contributed by atoms with E-state index in [9.17, 15) is 0 Å². The second-order valence-electron chi connectivity index (χ2n) is 7.94. The molecule has 6 N–H and O–H groups in total. The van der Waals surface area contributed by atoms with E-state index < -0.39 is 0 Å². The topological polar surface area (TPSA) is 146 Å². The van der Waals surface area contributed by atoms with Crippen LogP contribution >= 0.6 is 18.6 Å². The Morgan fingerprint density at radius 2 is 1.08 bits per heavy atom. The van der Waals surface area contributed by atoms with Gasteiger partial charge in [0, 0.05) is 36.1 Å². The first-order valence-corrected chi connectivity index (χ1v) is 23.4. The van der Waals surface area contributed by atoms with Crippen LogP contribution in [0.5, 0.6) is 0 Å². The Balaban J connectivity index is -0.0000000798. The van der Waals surface area contributed by atoms with Gasteiger partial charge in [-0.05, 0) is 5.56 Å². The van der Waals surface area contributed by atoms with Gasteiger partial charge in [-0.15, -0.1) is 12.3 Å². The maximum atomic E-state index is 8.09. The van der Waals surface area contributed by atoms with Crippen molar-refractivity contribution in [3.63, 3.8) is 0 Å². The van der Waals surface area contributed by atoms with E-state index >= 15 is 0 Å². The summed E-state index contributed by atoms with van der Waals surface area (Å²) in [5.41, 5.74) is 15.2. The fourth-order valence-electron chi connectivity index (χ4n) is 2.98. The van der Waals surface area contributed by atoms with Crippen molar-refractivity contribution in [2.75, 3.05) is 0 Å². The first-order valence-electron chi connectivity index (χ1n) is 15.9. The third kappa shape index (κ3) is 35.4. The van der Waals surface area contributed by atoms with Gasteiger partial charge in [0.1, 0.15) is 17.1 Å². The van der Waals surface area contributed by atoms with E-state index in [1.165, 1.54) is 6.21 Å². The molecule has 0 bridgehead atoms. The summed E-state index contributed by atoms with van der Waals surface area (Å²) in [6.07, 6.45) is 7.90. The fourth-order valence-corrected chi connectivity index (χ4v) is 2.98. The van der Waals surface area contributed by atoms with Crippen molar-refractivity contribution in [2.24, 2.45) is 10.9 Å². The quantitative estimate of drug-likeness (QED) is 0.0397. The number of nitrogens with zero attached hydrogens (tertiary/aromatic N) is 3. The first-order chi connectivity index (χ1) is 23.6. The Labute approximate surface area is 346 Å². The molecule has 0 aliphatic rings. The summed E-state index contributed by atoms with van der Waals surface area (Å²) in [5, 5.41) is 18.9. The molecule has 0 saturated heterocycles. The standard InChI is InChI=1S/C11H11NO.C10H10N2O.C7H7NO.C4H6.3C2H6.4CH4.BI2.H3N/c1-2-10-8-11(12-13-10)9-6-4-3-5-7-9;11-7-9-6-10(12-13-9)8-4-2-1-3-5-8;9-8-6-7-4-2-1-3-5-7;1-3-4-2;3*1-2;;;;;1-3-2;/h3-8H,2H2,1H3;1-6H,7,11H2;1-6,9H;1H,4H2,2H3;3*1-2H3;4*1H4;;1H3/q;;;;;;;;;;;-1;. The zero-order chi connectivity index (χ0) is 36.8. The van der Waals surface area contributed by atoms with E-state index in [-0.39, 0.29) is 52.9 Å². The summed E-state index contributed by atoms with van der Waals surface area (Å²) >= 11 is 2.24. The molecule has 0 unspecified atom stereocenters. The van der Waals surface area contributed by atoms with Crippen LogP contribution in [0.1, 0.15) is 109 Å². The van der Waals surface area contributed by atoms with Crippen LogP contribution in [0.15, 0.2) is 117 Å². The van der Waals surface area contributed by atoms with Crippen LogP contribution in [-0.4, -0.2) is 27.4 Å². The van der Waals surface area contributed by atoms with E-state index in [4.69, 9.17) is 32.1 Å². The Kier molecular flexibility index (Phi) is 67.5. The summed E-state index contributed by atoms with van der Waals surface area (Å²) < 4.78 is 10.1. The molecule has 0 spiro atoms. The normalized spacial score (nSPS) is 7.87. The van der Waals surface area contributed by atoms with Gasteiger partial charge >= 0.3 is 41.3 Å². The third-order valence-electron chi connectivity index (χ3n) is 5.02. The van der Waals surface area contributed by atoms with Crippen molar-refractivity contribution in [3.05, 3.63) is 120 Å². The van der Waals surface area contributed by atoms with Crippen LogP contribution in [0, 0.1) is 12.3 Å². The van der Waals surface area contributed by atoms with Crippen LogP contribution in [0.4, 0.5) is 0 Å². The maximum absolute atomic E-state index is 8.09. The van der Waals surface area contributed by atoms with Gasteiger partial charge in [-0.1, -0.05) is 192 Å². The fraction of sp³-hybridized carbons (Fsp3) is 0.357. The van der Waals surface area contributed by atoms with Gasteiger partial charge in [-0.3, -0.25) is 0 Å². The molecule has 0 aliphatic heterocycles. The molecule has 0 atom stereocenters. The number of aromatic nitrogens is 2. The monoisotopic (exact) mass is 958 g/mol. The molecule has 0 fully saturated rings. The first kappa shape index (κ1) is 67.7. The second kappa shape index (κ2) is 52.9. The van der Waals surface area contributed by atoms with Crippen molar-refractivity contribution in [1.29, 1.82) is 0 Å². The zero-order valence-corrected chi connectivity index (χ0v) is 34.6. The summed E-state index contributed by atoms with van der Waals surface area (Å²) in [6.45, 7) is 16.4. The number of oxime groups is 1. The molecular weight excluding hydrogens is 887 g/mol. The molecule has 3 aromatic carbocycles. The molecule has 0 saturated carbocycles. The van der Waals surface area contributed by atoms with Crippen molar-refractivity contribution < 1.29 is 31.3 Å². The summed E-state index contributed by atoms with van der Waals surface area (Å²) in [6, 6.07) is 33.1. The van der Waals surface area contributed by atoms with Crippen molar-refractivity contribution in [3.8, 4) is 34.9 Å². The molecule has 5 rings (SSSR count). The zero-order valence-electron chi connectivity index (χ0n) is 30.3. The van der Waals surface area contributed by atoms with Gasteiger partial charge in [0.25, 0.3) is 0 Å². The van der Waals surface area contributed by atoms with E-state index in [2.05, 4.69) is 46.9 Å². The van der Waals surface area contributed by atoms with E-state index in [0.717, 1.165) is 46.7 Å². The predicted molar refractivity (Wildman–Crippen MR) is 242 cm³/mol. The van der Waals surface area contributed by atoms with Crippen molar-refractivity contribution in [2.45, 2.75) is 104 Å². The Morgan fingerprint density at radius 1 is 0.755 bits per heavy atom. The molecule has 300 valence electrons. The third-order valence-corrected chi connectivity index (χ3v) is 5.02. The number of aryl methyl sites for hydroxylation is 1. The molecule has 2 heterocycles. The van der Waals surface area contributed by atoms with Crippen LogP contribution < -0.4 is 28.9 Å². The molecule has 8 nitrogen and oxygen atoms in total. The number of rotatable bonds is 5. The number of nitrogens with two attached hydrogens (primary N) is 1. The van der Waals surface area contributed by atoms with E-state index in [0.29, 0.717) is 12.3 Å². The Morgan fingerprint density at radius 3 is 1.34 bits per heavy atom. The molecule has 0 aliphatic carbocycles. The minimum absolute atomic E-state index is 0. The summed E-state index contributed by atoms with van der Waals surface area (Å²) in [7, 11) is 0. The number of halogens is 2. The van der Waals surface area contributed by atoms with E-state index in [1.54, 1.807) is 0 Å². The molecule has 11 heteroatoms. The van der Waals surface area contributed by atoms with Crippen LogP contribution in [0.3, 0.4) is 0 Å².